The highest BCUT2D eigenvalue weighted by Gasteiger charge is 2.33. The Morgan fingerprint density at radius 2 is 2.29 bits per heavy atom. The van der Waals surface area contributed by atoms with Crippen LogP contribution in [0.5, 0.6) is 0 Å². The normalized spacial score (nSPS) is 14.6. The first-order valence-corrected chi connectivity index (χ1v) is 6.62. The second-order valence-corrected chi connectivity index (χ2v) is 5.36. The predicted octanol–water partition coefficient (Wildman–Crippen LogP) is 2.32. The van der Waals surface area contributed by atoms with Crippen LogP contribution in [0.4, 0.5) is 0 Å². The predicted molar refractivity (Wildman–Crippen MR) is 71.9 cm³/mol. The number of hydrogen-bond donors (Lipinski definition) is 1. The van der Waals surface area contributed by atoms with E-state index < -0.39 is 0 Å². The summed E-state index contributed by atoms with van der Waals surface area (Å²) < 4.78 is 5.83. The van der Waals surface area contributed by atoms with Gasteiger partial charge in [0, 0.05) is 19.0 Å². The molecule has 0 radical (unpaired) electrons. The fourth-order valence-electron chi connectivity index (χ4n) is 1.64. The van der Waals surface area contributed by atoms with Crippen molar-refractivity contribution in [3.63, 3.8) is 0 Å². The van der Waals surface area contributed by atoms with Crippen molar-refractivity contribution in [2.45, 2.75) is 25.3 Å². The van der Waals surface area contributed by atoms with Gasteiger partial charge in [0.2, 0.25) is 0 Å². The van der Waals surface area contributed by atoms with Gasteiger partial charge in [0.25, 0.3) is 5.91 Å². The summed E-state index contributed by atoms with van der Waals surface area (Å²) in [5, 5.41) is 0. The van der Waals surface area contributed by atoms with Crippen molar-refractivity contribution in [3.8, 4) is 0 Å². The molecule has 17 heavy (non-hydrogen) atoms. The number of hydrogen-bond acceptors (Lipinski definition) is 3. The van der Waals surface area contributed by atoms with Gasteiger partial charge in [-0.05, 0) is 40.9 Å². The standard InChI is InChI=1S/C11H13BrN2O2S/c12-9-4-3-8(16-9)11(15)14(7-1-2-7)6-5-10(13)17/h3-4,7H,1-2,5-6H2,(H2,13,17). The van der Waals surface area contributed by atoms with Gasteiger partial charge in [-0.3, -0.25) is 4.79 Å². The minimum Gasteiger partial charge on any atom is -0.444 e. The molecule has 1 aromatic heterocycles. The second kappa shape index (κ2) is 5.18. The van der Waals surface area contributed by atoms with Gasteiger partial charge in [-0.25, -0.2) is 0 Å². The maximum Gasteiger partial charge on any atom is 0.289 e. The molecule has 0 atom stereocenters. The summed E-state index contributed by atoms with van der Waals surface area (Å²) in [6.45, 7) is 0.567. The average Bonchev–Trinajstić information content (AvgIpc) is 3.00. The fourth-order valence-corrected chi connectivity index (χ4v) is 2.04. The molecule has 0 spiro atoms. The van der Waals surface area contributed by atoms with Crippen molar-refractivity contribution in [1.29, 1.82) is 0 Å². The molecule has 1 amide bonds. The van der Waals surface area contributed by atoms with Gasteiger partial charge in [0.1, 0.15) is 0 Å². The molecule has 92 valence electrons. The van der Waals surface area contributed by atoms with Gasteiger partial charge in [-0.15, -0.1) is 0 Å². The Labute approximate surface area is 113 Å². The lowest BCUT2D eigenvalue weighted by Gasteiger charge is -2.20. The monoisotopic (exact) mass is 316 g/mol. The van der Waals surface area contributed by atoms with E-state index in [-0.39, 0.29) is 5.91 Å². The zero-order chi connectivity index (χ0) is 12.4. The molecule has 1 aromatic rings. The first-order valence-electron chi connectivity index (χ1n) is 5.42. The Bertz CT molecular complexity index is 442. The van der Waals surface area contributed by atoms with Crippen LogP contribution >= 0.6 is 28.1 Å². The van der Waals surface area contributed by atoms with Crippen LogP contribution in [0, 0.1) is 0 Å². The van der Waals surface area contributed by atoms with Crippen LogP contribution in [0.3, 0.4) is 0 Å². The number of furan rings is 1. The van der Waals surface area contributed by atoms with Crippen LogP contribution in [-0.2, 0) is 0 Å². The van der Waals surface area contributed by atoms with Gasteiger partial charge in [0.05, 0.1) is 4.99 Å². The summed E-state index contributed by atoms with van der Waals surface area (Å²) >= 11 is 8.02. The minimum atomic E-state index is -0.0885. The van der Waals surface area contributed by atoms with Gasteiger partial charge in [-0.1, -0.05) is 12.2 Å². The molecule has 0 unspecified atom stereocenters. The molecule has 1 fully saturated rings. The number of carbonyl (C=O) groups is 1. The minimum absolute atomic E-state index is 0.0885. The molecule has 6 heteroatoms. The Morgan fingerprint density at radius 1 is 1.59 bits per heavy atom. The highest BCUT2D eigenvalue weighted by Crippen LogP contribution is 2.29. The summed E-state index contributed by atoms with van der Waals surface area (Å²) in [5.41, 5.74) is 5.47. The Balaban J connectivity index is 2.05. The molecule has 1 aliphatic carbocycles. The maximum atomic E-state index is 12.2. The molecule has 4 nitrogen and oxygen atoms in total. The molecule has 0 aromatic carbocycles. The highest BCUT2D eigenvalue weighted by molar-refractivity contribution is 9.10. The SMILES string of the molecule is NC(=S)CCN(C(=O)c1ccc(Br)o1)C1CC1. The summed E-state index contributed by atoms with van der Waals surface area (Å²) in [4.78, 5) is 14.4. The summed E-state index contributed by atoms with van der Waals surface area (Å²) in [6.07, 6.45) is 2.65. The van der Waals surface area contributed by atoms with Gasteiger partial charge in [-0.2, -0.15) is 0 Å². The van der Waals surface area contributed by atoms with Crippen molar-refractivity contribution < 1.29 is 9.21 Å². The van der Waals surface area contributed by atoms with Crippen molar-refractivity contribution in [3.05, 3.63) is 22.6 Å². The summed E-state index contributed by atoms with van der Waals surface area (Å²) in [5.74, 6) is 0.265. The third-order valence-corrected chi connectivity index (χ3v) is 3.26. The Morgan fingerprint density at radius 3 is 2.76 bits per heavy atom. The number of thiocarbonyl (C=S) groups is 1. The van der Waals surface area contributed by atoms with E-state index in [0.717, 1.165) is 12.8 Å². The van der Waals surface area contributed by atoms with Crippen molar-refractivity contribution in [2.75, 3.05) is 6.54 Å². The molecule has 1 aliphatic rings. The van der Waals surface area contributed by atoms with E-state index in [2.05, 4.69) is 15.9 Å². The zero-order valence-corrected chi connectivity index (χ0v) is 11.6. The van der Waals surface area contributed by atoms with Crippen molar-refractivity contribution >= 4 is 39.0 Å². The molecule has 2 rings (SSSR count). The number of rotatable bonds is 5. The number of nitrogens with zero attached hydrogens (tertiary/aromatic N) is 1. The van der Waals surface area contributed by atoms with E-state index in [1.54, 1.807) is 17.0 Å². The van der Waals surface area contributed by atoms with Crippen LogP contribution < -0.4 is 5.73 Å². The lowest BCUT2D eigenvalue weighted by molar-refractivity contribution is 0.0714. The molecule has 2 N–H and O–H groups in total. The zero-order valence-electron chi connectivity index (χ0n) is 9.19. The quantitative estimate of drug-likeness (QED) is 0.847. The number of halogens is 1. The molecule has 0 bridgehead atoms. The molecule has 0 saturated heterocycles. The lowest BCUT2D eigenvalue weighted by Crippen LogP contribution is -2.35. The van der Waals surface area contributed by atoms with Crippen molar-refractivity contribution in [2.24, 2.45) is 5.73 Å². The first-order chi connectivity index (χ1) is 8.08. The third-order valence-electron chi connectivity index (χ3n) is 2.63. The molecule has 1 heterocycles. The number of carbonyl (C=O) groups excluding carboxylic acids is 1. The van der Waals surface area contributed by atoms with E-state index in [1.807, 2.05) is 0 Å². The highest BCUT2D eigenvalue weighted by atomic mass is 79.9. The fraction of sp³-hybridized carbons (Fsp3) is 0.455. The smallest absolute Gasteiger partial charge is 0.289 e. The van der Waals surface area contributed by atoms with Crippen LogP contribution in [0.25, 0.3) is 0 Å². The third kappa shape index (κ3) is 3.29. The second-order valence-electron chi connectivity index (χ2n) is 4.05. The summed E-state index contributed by atoms with van der Waals surface area (Å²) in [7, 11) is 0. The Kier molecular flexibility index (Phi) is 3.83. The van der Waals surface area contributed by atoms with E-state index in [1.165, 1.54) is 0 Å². The average molecular weight is 317 g/mol. The van der Waals surface area contributed by atoms with E-state index in [4.69, 9.17) is 22.4 Å². The lowest BCUT2D eigenvalue weighted by atomic mass is 10.3. The summed E-state index contributed by atoms with van der Waals surface area (Å²) in [6, 6.07) is 3.70. The van der Waals surface area contributed by atoms with Gasteiger partial charge < -0.3 is 15.1 Å². The van der Waals surface area contributed by atoms with Crippen LogP contribution in [0.2, 0.25) is 0 Å². The molecule has 1 saturated carbocycles. The topological polar surface area (TPSA) is 59.5 Å². The Hall–Kier alpha value is -0.880. The first kappa shape index (κ1) is 12.6. The van der Waals surface area contributed by atoms with Gasteiger partial charge >= 0.3 is 0 Å². The van der Waals surface area contributed by atoms with Crippen molar-refractivity contribution in [1.82, 2.24) is 4.90 Å². The van der Waals surface area contributed by atoms with E-state index in [0.29, 0.717) is 34.4 Å². The molecular weight excluding hydrogens is 304 g/mol. The number of amides is 1. The van der Waals surface area contributed by atoms with Crippen LogP contribution in [0.1, 0.15) is 29.8 Å². The largest absolute Gasteiger partial charge is 0.444 e. The van der Waals surface area contributed by atoms with Crippen LogP contribution in [-0.4, -0.2) is 28.4 Å². The molecule has 0 aliphatic heterocycles. The molecular formula is C11H13BrN2O2S. The van der Waals surface area contributed by atoms with E-state index in [9.17, 15) is 4.79 Å². The van der Waals surface area contributed by atoms with E-state index >= 15 is 0 Å². The number of nitrogens with two attached hydrogens (primary N) is 1. The maximum absolute atomic E-state index is 12.2. The van der Waals surface area contributed by atoms with Gasteiger partial charge in [0.15, 0.2) is 10.4 Å². The van der Waals surface area contributed by atoms with Crippen LogP contribution in [0.15, 0.2) is 21.2 Å².